The van der Waals surface area contributed by atoms with Crippen LogP contribution in [0.15, 0.2) is 27.6 Å². The third kappa shape index (κ3) is 3.67. The van der Waals surface area contributed by atoms with Crippen molar-refractivity contribution in [2.45, 2.75) is 124 Å². The summed E-state index contributed by atoms with van der Waals surface area (Å²) in [7, 11) is 0. The summed E-state index contributed by atoms with van der Waals surface area (Å²) in [6.07, 6.45) is -2.48. The molecule has 0 bridgehead atoms. The molecule has 15 unspecified atom stereocenters. The summed E-state index contributed by atoms with van der Waals surface area (Å²) in [5, 5.41) is 66.6. The third-order valence-corrected chi connectivity index (χ3v) is 12.2. The van der Waals surface area contributed by atoms with E-state index in [1.807, 2.05) is 0 Å². The van der Waals surface area contributed by atoms with Crippen LogP contribution >= 0.6 is 0 Å². The van der Waals surface area contributed by atoms with E-state index in [2.05, 4.69) is 13.8 Å². The zero-order chi connectivity index (χ0) is 29.1. The lowest BCUT2D eigenvalue weighted by Crippen LogP contribution is -2.75. The predicted octanol–water partition coefficient (Wildman–Crippen LogP) is 0.168. The molecule has 3 heterocycles. The number of fused-ring (bicyclic) bond motifs is 7. The summed E-state index contributed by atoms with van der Waals surface area (Å²) < 4.78 is 23.5. The molecular formula is C30H42O11. The summed E-state index contributed by atoms with van der Waals surface area (Å²) in [5.41, 5.74) is -3.74. The van der Waals surface area contributed by atoms with E-state index < -0.39 is 71.3 Å². The minimum atomic E-state index is -1.60. The van der Waals surface area contributed by atoms with Crippen molar-refractivity contribution >= 4 is 0 Å². The van der Waals surface area contributed by atoms with Gasteiger partial charge in [-0.2, -0.15) is 0 Å². The van der Waals surface area contributed by atoms with E-state index >= 15 is 0 Å². The highest BCUT2D eigenvalue weighted by Crippen LogP contribution is 2.72. The average Bonchev–Trinajstić information content (AvgIpc) is 3.70. The molecule has 1 aromatic heterocycles. The van der Waals surface area contributed by atoms with Crippen LogP contribution in [-0.2, 0) is 14.2 Å². The Morgan fingerprint density at radius 1 is 0.951 bits per heavy atom. The fraction of sp³-hybridized carbons (Fsp3) is 0.833. The van der Waals surface area contributed by atoms with Gasteiger partial charge in [-0.1, -0.05) is 13.8 Å². The highest BCUT2D eigenvalue weighted by molar-refractivity contribution is 5.31. The molecule has 7 rings (SSSR count). The minimum Gasteiger partial charge on any atom is -0.431 e. The van der Waals surface area contributed by atoms with Crippen molar-refractivity contribution in [3.63, 3.8) is 0 Å². The van der Waals surface area contributed by atoms with Gasteiger partial charge in [-0.05, 0) is 80.2 Å². The summed E-state index contributed by atoms with van der Waals surface area (Å²) in [6, 6.07) is 3.23. The molecule has 6 fully saturated rings. The quantitative estimate of drug-likeness (QED) is 0.212. The summed E-state index contributed by atoms with van der Waals surface area (Å²) in [6.45, 7) is 3.67. The van der Waals surface area contributed by atoms with Crippen molar-refractivity contribution in [3.8, 4) is 0 Å². The number of ether oxygens (including phenoxy) is 3. The van der Waals surface area contributed by atoms with Gasteiger partial charge in [0, 0.05) is 11.5 Å². The molecule has 15 atom stereocenters. The van der Waals surface area contributed by atoms with E-state index in [0.717, 1.165) is 5.56 Å². The molecule has 0 spiro atoms. The SMILES string of the molecule is CC1CC2(O)C3CCC4(OC5OC(CO)C(O)C(O)C5O)C5OC5CCC4(O)C3CCC2(C)C1c1ccc(=O)oc1. The molecule has 2 saturated heterocycles. The van der Waals surface area contributed by atoms with Crippen molar-refractivity contribution in [3.05, 3.63) is 34.4 Å². The Hall–Kier alpha value is -1.41. The standard InChI is InChI=1S/C30H42O11/c1-14-11-29(37)17-6-10-30(41-26-24(35)23(34)22(33)19(12-31)40-26)25-18(39-25)7-9-28(30,36)16(17)5-8-27(29,2)21(14)15-3-4-20(32)38-13-15/h3-4,13-14,16-19,21-26,31,33-37H,5-12H2,1-2H3. The molecule has 228 valence electrons. The highest BCUT2D eigenvalue weighted by Gasteiger charge is 2.78. The van der Waals surface area contributed by atoms with Crippen molar-refractivity contribution in [1.82, 2.24) is 0 Å². The Labute approximate surface area is 238 Å². The Bertz CT molecular complexity index is 1220. The van der Waals surface area contributed by atoms with Crippen molar-refractivity contribution in [2.75, 3.05) is 6.61 Å². The first-order chi connectivity index (χ1) is 19.4. The van der Waals surface area contributed by atoms with Crippen molar-refractivity contribution in [1.29, 1.82) is 0 Å². The number of aliphatic hydroxyl groups is 6. The molecule has 6 N–H and O–H groups in total. The molecule has 2 aliphatic heterocycles. The molecule has 0 amide bonds. The van der Waals surface area contributed by atoms with Crippen LogP contribution < -0.4 is 5.63 Å². The Balaban J connectivity index is 1.23. The van der Waals surface area contributed by atoms with E-state index in [9.17, 15) is 35.4 Å². The van der Waals surface area contributed by atoms with Gasteiger partial charge in [-0.25, -0.2) is 4.79 Å². The number of hydrogen-bond acceptors (Lipinski definition) is 11. The summed E-state index contributed by atoms with van der Waals surface area (Å²) >= 11 is 0. The fourth-order valence-corrected chi connectivity index (χ4v) is 10.3. The lowest BCUT2D eigenvalue weighted by molar-refractivity contribution is -0.372. The molecule has 1 aromatic rings. The van der Waals surface area contributed by atoms with Crippen LogP contribution in [0.2, 0.25) is 0 Å². The molecule has 4 aliphatic carbocycles. The number of rotatable bonds is 4. The first kappa shape index (κ1) is 28.4. The maximum absolute atomic E-state index is 12.7. The molecular weight excluding hydrogens is 536 g/mol. The number of epoxide rings is 1. The minimum absolute atomic E-state index is 0.0213. The van der Waals surface area contributed by atoms with Crippen molar-refractivity contribution in [2.24, 2.45) is 23.2 Å². The summed E-state index contributed by atoms with van der Waals surface area (Å²) in [5.74, 6) is -0.446. The van der Waals surface area contributed by atoms with Gasteiger partial charge in [-0.3, -0.25) is 0 Å². The second-order valence-corrected chi connectivity index (χ2v) is 13.9. The average molecular weight is 579 g/mol. The Morgan fingerprint density at radius 2 is 1.68 bits per heavy atom. The third-order valence-electron chi connectivity index (χ3n) is 12.2. The van der Waals surface area contributed by atoms with Crippen LogP contribution in [0.25, 0.3) is 0 Å². The predicted molar refractivity (Wildman–Crippen MR) is 140 cm³/mol. The second-order valence-electron chi connectivity index (χ2n) is 13.9. The van der Waals surface area contributed by atoms with Gasteiger partial charge >= 0.3 is 5.63 Å². The smallest absolute Gasteiger partial charge is 0.335 e. The molecule has 4 saturated carbocycles. The van der Waals surface area contributed by atoms with Gasteiger partial charge in [0.25, 0.3) is 0 Å². The lowest BCUT2D eigenvalue weighted by Gasteiger charge is -2.65. The van der Waals surface area contributed by atoms with Gasteiger partial charge in [-0.15, -0.1) is 0 Å². The molecule has 11 heteroatoms. The largest absolute Gasteiger partial charge is 0.431 e. The maximum Gasteiger partial charge on any atom is 0.335 e. The molecule has 0 aromatic carbocycles. The van der Waals surface area contributed by atoms with E-state index in [-0.39, 0.29) is 29.8 Å². The van der Waals surface area contributed by atoms with E-state index in [1.54, 1.807) is 6.07 Å². The normalized spacial score (nSPS) is 55.9. The van der Waals surface area contributed by atoms with Crippen LogP contribution in [0.1, 0.15) is 70.3 Å². The van der Waals surface area contributed by atoms with Crippen LogP contribution in [0.3, 0.4) is 0 Å². The monoisotopic (exact) mass is 578 g/mol. The Kier molecular flexibility index (Phi) is 6.43. The number of aliphatic hydroxyl groups excluding tert-OH is 4. The molecule has 6 aliphatic rings. The maximum atomic E-state index is 12.7. The van der Waals surface area contributed by atoms with Crippen LogP contribution in [0.5, 0.6) is 0 Å². The highest BCUT2D eigenvalue weighted by atomic mass is 16.7. The van der Waals surface area contributed by atoms with Gasteiger partial charge in [0.05, 0.1) is 30.2 Å². The zero-order valence-electron chi connectivity index (χ0n) is 23.5. The van der Waals surface area contributed by atoms with Crippen molar-refractivity contribution < 1.29 is 49.3 Å². The van der Waals surface area contributed by atoms with Gasteiger partial charge < -0.3 is 49.3 Å². The lowest BCUT2D eigenvalue weighted by atomic mass is 9.45. The zero-order valence-corrected chi connectivity index (χ0v) is 23.5. The fourth-order valence-electron chi connectivity index (χ4n) is 10.3. The molecule has 11 nitrogen and oxygen atoms in total. The second kappa shape index (κ2) is 9.30. The van der Waals surface area contributed by atoms with Gasteiger partial charge in [0.2, 0.25) is 0 Å². The van der Waals surface area contributed by atoms with Gasteiger partial charge in [0.15, 0.2) is 6.29 Å². The van der Waals surface area contributed by atoms with E-state index in [1.165, 1.54) is 12.3 Å². The van der Waals surface area contributed by atoms with Crippen LogP contribution in [-0.4, -0.2) is 97.0 Å². The van der Waals surface area contributed by atoms with E-state index in [0.29, 0.717) is 44.9 Å². The topological polar surface area (TPSA) is 183 Å². The van der Waals surface area contributed by atoms with Gasteiger partial charge in [0.1, 0.15) is 36.1 Å². The molecule has 0 radical (unpaired) electrons. The summed E-state index contributed by atoms with van der Waals surface area (Å²) in [4.78, 5) is 11.7. The van der Waals surface area contributed by atoms with E-state index in [4.69, 9.17) is 18.6 Å². The first-order valence-electron chi connectivity index (χ1n) is 15.1. The Morgan fingerprint density at radius 3 is 2.39 bits per heavy atom. The molecule has 41 heavy (non-hydrogen) atoms. The number of hydrogen-bond donors (Lipinski definition) is 6. The first-order valence-corrected chi connectivity index (χ1v) is 15.1. The van der Waals surface area contributed by atoms with Crippen LogP contribution in [0, 0.1) is 23.2 Å². The van der Waals surface area contributed by atoms with Crippen LogP contribution in [0.4, 0.5) is 0 Å².